The average Bonchev–Trinajstić information content (AvgIpc) is 2.65. The number of aliphatic hydroxyl groups excluding tert-OH is 2. The number of aliphatic hydroxyl groups is 2. The summed E-state index contributed by atoms with van der Waals surface area (Å²) in [6, 6.07) is 0. The molecule has 25 heteroatoms. The van der Waals surface area contributed by atoms with Crippen molar-refractivity contribution >= 4 is 10.3 Å². The topological polar surface area (TPSA) is 98.1 Å². The lowest BCUT2D eigenvalue weighted by Gasteiger charge is -2.41. The zero-order chi connectivity index (χ0) is 30.9. The fourth-order valence-corrected chi connectivity index (χ4v) is 2.34. The van der Waals surface area contributed by atoms with Gasteiger partial charge in [0.25, 0.3) is 0 Å². The van der Waals surface area contributed by atoms with Crippen LogP contribution < -0.4 is 0 Å². The van der Waals surface area contributed by atoms with E-state index in [4.69, 9.17) is 14.8 Å². The molecule has 0 saturated heterocycles. The molecule has 0 bridgehead atoms. The Morgan fingerprint density at radius 3 is 0.784 bits per heavy atom. The van der Waals surface area contributed by atoms with Gasteiger partial charge < -0.3 is 10.2 Å². The maximum absolute atomic E-state index is 12.8. The molecule has 0 aliphatic heterocycles. The Morgan fingerprint density at radius 2 is 0.649 bits per heavy atom. The molecule has 0 amide bonds. The highest BCUT2D eigenvalue weighted by atomic mass is 32.2. The second-order valence-electron chi connectivity index (χ2n) is 6.27. The van der Waals surface area contributed by atoms with Gasteiger partial charge in [0.2, 0.25) is 0 Å². The van der Waals surface area contributed by atoms with Crippen LogP contribution in [0.1, 0.15) is 0 Å². The highest BCUT2D eigenvalue weighted by Gasteiger charge is 2.95. The maximum Gasteiger partial charge on any atom is 0.460 e. The Kier molecular flexibility index (Phi) is 11.2. The summed E-state index contributed by atoms with van der Waals surface area (Å²) < 4.78 is 250. The minimum absolute atomic E-state index is 0.209. The molecular formula is C12H11F18NO5S. The number of nitrogens with zero attached hydrogens (tertiary/aromatic N) is 1. The van der Waals surface area contributed by atoms with Crippen molar-refractivity contribution in [2.45, 2.75) is 47.9 Å². The van der Waals surface area contributed by atoms with Crippen molar-refractivity contribution in [2.24, 2.45) is 0 Å². The quantitative estimate of drug-likeness (QED) is 0.253. The zero-order valence-electron chi connectivity index (χ0n) is 16.6. The molecule has 37 heavy (non-hydrogen) atoms. The SMILES string of the molecule is FC(F)(F)C(F)(F)C(F)(F)C(F)(F)C(F)(F)C(F)(F)C(F)(F)C(F)(F)F.O=S(=O)(O)N(CCO)CCO. The van der Waals surface area contributed by atoms with Gasteiger partial charge in [0.05, 0.1) is 13.2 Å². The molecule has 0 atom stereocenters. The summed E-state index contributed by atoms with van der Waals surface area (Å²) in [6.07, 6.45) is -15.6. The van der Waals surface area contributed by atoms with Crippen LogP contribution in [0.4, 0.5) is 79.0 Å². The predicted octanol–water partition coefficient (Wildman–Crippen LogP) is 4.00. The number of hydrogen-bond acceptors (Lipinski definition) is 4. The Labute approximate surface area is 192 Å². The molecule has 0 saturated carbocycles. The van der Waals surface area contributed by atoms with Crippen molar-refractivity contribution in [3.63, 3.8) is 0 Å². The van der Waals surface area contributed by atoms with Crippen LogP contribution in [-0.2, 0) is 10.3 Å². The van der Waals surface area contributed by atoms with Gasteiger partial charge in [-0.25, -0.2) is 0 Å². The molecule has 6 nitrogen and oxygen atoms in total. The van der Waals surface area contributed by atoms with Crippen molar-refractivity contribution in [1.29, 1.82) is 0 Å². The number of alkyl halides is 18. The van der Waals surface area contributed by atoms with Crippen LogP contribution in [0, 0.1) is 0 Å². The highest BCUT2D eigenvalue weighted by molar-refractivity contribution is 7.83. The third-order valence-electron chi connectivity index (χ3n) is 3.71. The van der Waals surface area contributed by atoms with E-state index in [2.05, 4.69) is 0 Å². The second-order valence-corrected chi connectivity index (χ2v) is 7.68. The lowest BCUT2D eigenvalue weighted by Crippen LogP contribution is -2.74. The molecule has 0 aromatic heterocycles. The zero-order valence-corrected chi connectivity index (χ0v) is 17.5. The van der Waals surface area contributed by atoms with Gasteiger partial charge >= 0.3 is 58.2 Å². The molecule has 0 aliphatic rings. The summed E-state index contributed by atoms with van der Waals surface area (Å²) in [5.74, 6) is -51.0. The Morgan fingerprint density at radius 1 is 0.459 bits per heavy atom. The summed E-state index contributed by atoms with van der Waals surface area (Å²) in [5, 5.41) is 16.7. The fourth-order valence-electron chi connectivity index (χ4n) is 1.71. The minimum Gasteiger partial charge on any atom is -0.395 e. The first-order chi connectivity index (χ1) is 15.8. The molecular weight excluding hydrogens is 612 g/mol. The molecule has 0 spiro atoms. The first kappa shape index (κ1) is 37.7. The van der Waals surface area contributed by atoms with Crippen LogP contribution in [0.5, 0.6) is 0 Å². The number of rotatable bonds is 10. The van der Waals surface area contributed by atoms with E-state index >= 15 is 0 Å². The molecule has 0 radical (unpaired) electrons. The maximum atomic E-state index is 12.8. The average molecular weight is 623 g/mol. The van der Waals surface area contributed by atoms with E-state index in [1.165, 1.54) is 0 Å². The summed E-state index contributed by atoms with van der Waals surface area (Å²) in [4.78, 5) is 0. The number of halogens is 18. The van der Waals surface area contributed by atoms with Gasteiger partial charge in [-0.15, -0.1) is 0 Å². The molecule has 3 N–H and O–H groups in total. The van der Waals surface area contributed by atoms with Crippen molar-refractivity contribution < 1.29 is 102 Å². The van der Waals surface area contributed by atoms with E-state index in [1.54, 1.807) is 0 Å². The first-order valence-corrected chi connectivity index (χ1v) is 9.51. The predicted molar refractivity (Wildman–Crippen MR) is 79.1 cm³/mol. The van der Waals surface area contributed by atoms with E-state index in [1.807, 2.05) is 0 Å². The molecule has 0 rings (SSSR count). The molecule has 0 unspecified atom stereocenters. The van der Waals surface area contributed by atoms with E-state index in [9.17, 15) is 87.4 Å². The lowest BCUT2D eigenvalue weighted by molar-refractivity contribution is -0.468. The highest BCUT2D eigenvalue weighted by Crippen LogP contribution is 2.63. The molecule has 0 heterocycles. The van der Waals surface area contributed by atoms with Gasteiger partial charge in [-0.05, 0) is 0 Å². The molecule has 0 fully saturated rings. The second kappa shape index (κ2) is 11.0. The summed E-state index contributed by atoms with van der Waals surface area (Å²) in [7, 11) is -4.28. The smallest absolute Gasteiger partial charge is 0.395 e. The Bertz CT molecular complexity index is 798. The van der Waals surface area contributed by atoms with Gasteiger partial charge in [0, 0.05) is 13.1 Å². The van der Waals surface area contributed by atoms with Crippen LogP contribution in [0.15, 0.2) is 0 Å². The van der Waals surface area contributed by atoms with Crippen molar-refractivity contribution in [1.82, 2.24) is 4.31 Å². The lowest BCUT2D eigenvalue weighted by atomic mass is 9.91. The first-order valence-electron chi connectivity index (χ1n) is 8.12. The van der Waals surface area contributed by atoms with Crippen molar-refractivity contribution in [3.8, 4) is 0 Å². The number of hydrogen-bond donors (Lipinski definition) is 3. The van der Waals surface area contributed by atoms with Crippen LogP contribution in [0.2, 0.25) is 0 Å². The molecule has 0 aromatic carbocycles. The largest absolute Gasteiger partial charge is 0.460 e. The third-order valence-corrected chi connectivity index (χ3v) is 4.73. The minimum atomic E-state index is -8.72. The van der Waals surface area contributed by atoms with E-state index in [0.29, 0.717) is 4.31 Å². The Hall–Kier alpha value is -1.47. The fraction of sp³-hybridized carbons (Fsp3) is 1.00. The standard InChI is InChI=1S/C8F18.C4H11NO5S/c9-1(10,3(13,14)5(17,18)7(21,22)23)2(11,12)4(15,16)6(19,20)8(24,25)26;6-3-1-5(2-4-7)11(8,9)10/h;6-7H,1-4H2,(H,8,9,10). The van der Waals surface area contributed by atoms with E-state index < -0.39 is 58.2 Å². The third kappa shape index (κ3) is 6.76. The van der Waals surface area contributed by atoms with Gasteiger partial charge in [0.1, 0.15) is 0 Å². The molecule has 0 aromatic rings. The Balaban J connectivity index is 0. The molecule has 226 valence electrons. The monoisotopic (exact) mass is 623 g/mol. The van der Waals surface area contributed by atoms with E-state index in [-0.39, 0.29) is 26.3 Å². The molecule has 0 aliphatic carbocycles. The summed E-state index contributed by atoms with van der Waals surface area (Å²) >= 11 is 0. The summed E-state index contributed by atoms with van der Waals surface area (Å²) in [6.45, 7) is -1.20. The van der Waals surface area contributed by atoms with Crippen molar-refractivity contribution in [3.05, 3.63) is 0 Å². The van der Waals surface area contributed by atoms with Crippen LogP contribution in [0.25, 0.3) is 0 Å². The van der Waals surface area contributed by atoms with Gasteiger partial charge in [0.15, 0.2) is 0 Å². The van der Waals surface area contributed by atoms with Gasteiger partial charge in [-0.3, -0.25) is 4.55 Å². The van der Waals surface area contributed by atoms with E-state index in [0.717, 1.165) is 0 Å². The van der Waals surface area contributed by atoms with Crippen LogP contribution >= 0.6 is 0 Å². The van der Waals surface area contributed by atoms with Crippen LogP contribution in [-0.4, -0.2) is 102 Å². The van der Waals surface area contributed by atoms with Crippen LogP contribution in [0.3, 0.4) is 0 Å². The summed E-state index contributed by atoms with van der Waals surface area (Å²) in [5.41, 5.74) is 0. The van der Waals surface area contributed by atoms with Crippen molar-refractivity contribution in [2.75, 3.05) is 26.3 Å². The van der Waals surface area contributed by atoms with Gasteiger partial charge in [-0.2, -0.15) is 91.8 Å². The normalized spacial score (nSPS) is 15.5. The van der Waals surface area contributed by atoms with Gasteiger partial charge in [-0.1, -0.05) is 0 Å².